The van der Waals surface area contributed by atoms with Crippen molar-refractivity contribution in [1.82, 2.24) is 9.80 Å². The van der Waals surface area contributed by atoms with Gasteiger partial charge in [0.05, 0.1) is 6.54 Å². The number of rotatable bonds is 3. The first-order chi connectivity index (χ1) is 10.3. The highest BCUT2D eigenvalue weighted by Crippen LogP contribution is 2.39. The molecule has 8 heteroatoms. The number of hydrogen-bond donors (Lipinski definition) is 2. The molecular weight excluding hydrogens is 313 g/mol. The van der Waals surface area contributed by atoms with Crippen molar-refractivity contribution < 1.29 is 19.1 Å². The zero-order valence-electron chi connectivity index (χ0n) is 11.7. The maximum atomic E-state index is 13.2. The minimum absolute atomic E-state index is 0.0147. The SMILES string of the molecule is O=C(CN1CC2(C1)CN(C(=O)O)C2)Nc1cc(F)cc(Cl)c1. The summed E-state index contributed by atoms with van der Waals surface area (Å²) in [6, 6.07) is 3.86. The summed E-state index contributed by atoms with van der Waals surface area (Å²) in [4.78, 5) is 25.9. The quantitative estimate of drug-likeness (QED) is 0.886. The van der Waals surface area contributed by atoms with Crippen LogP contribution in [0.1, 0.15) is 0 Å². The third-order valence-corrected chi connectivity index (χ3v) is 4.17. The number of benzene rings is 1. The van der Waals surface area contributed by atoms with Gasteiger partial charge in [-0.1, -0.05) is 11.6 Å². The fraction of sp³-hybridized carbons (Fsp3) is 0.429. The second-order valence-corrected chi connectivity index (χ2v) is 6.43. The maximum absolute atomic E-state index is 13.2. The molecule has 118 valence electrons. The standard InChI is InChI=1S/C14H15ClFN3O3/c15-9-1-10(16)3-11(2-9)17-12(20)4-18-5-14(6-18)7-19(8-14)13(21)22/h1-3H,4-8H2,(H,17,20)(H,21,22). The molecule has 0 unspecified atom stereocenters. The van der Waals surface area contributed by atoms with Gasteiger partial charge in [-0.25, -0.2) is 9.18 Å². The third kappa shape index (κ3) is 3.00. The number of nitrogens with one attached hydrogen (secondary N) is 1. The molecule has 2 fully saturated rings. The van der Waals surface area contributed by atoms with Crippen LogP contribution in [0, 0.1) is 11.2 Å². The van der Waals surface area contributed by atoms with Crippen molar-refractivity contribution in [1.29, 1.82) is 0 Å². The Bertz CT molecular complexity index is 606. The van der Waals surface area contributed by atoms with Crippen LogP contribution >= 0.6 is 11.6 Å². The Morgan fingerprint density at radius 1 is 1.27 bits per heavy atom. The van der Waals surface area contributed by atoms with Gasteiger partial charge in [0.1, 0.15) is 5.82 Å². The Morgan fingerprint density at radius 2 is 1.95 bits per heavy atom. The maximum Gasteiger partial charge on any atom is 0.407 e. The van der Waals surface area contributed by atoms with Gasteiger partial charge in [-0.2, -0.15) is 0 Å². The predicted octanol–water partition coefficient (Wildman–Crippen LogP) is 1.71. The lowest BCUT2D eigenvalue weighted by molar-refractivity contribution is -0.129. The van der Waals surface area contributed by atoms with Crippen LogP contribution < -0.4 is 5.32 Å². The largest absolute Gasteiger partial charge is 0.465 e. The number of halogens is 2. The number of carboxylic acid groups (broad SMARTS) is 1. The van der Waals surface area contributed by atoms with Crippen LogP contribution in [0.15, 0.2) is 18.2 Å². The van der Waals surface area contributed by atoms with E-state index in [0.717, 1.165) is 0 Å². The summed E-state index contributed by atoms with van der Waals surface area (Å²) in [6.45, 7) is 2.66. The van der Waals surface area contributed by atoms with E-state index in [4.69, 9.17) is 16.7 Å². The molecule has 1 spiro atoms. The molecule has 1 aromatic carbocycles. The van der Waals surface area contributed by atoms with Gasteiger partial charge < -0.3 is 15.3 Å². The summed E-state index contributed by atoms with van der Waals surface area (Å²) in [5, 5.41) is 11.6. The minimum Gasteiger partial charge on any atom is -0.465 e. The number of carbonyl (C=O) groups is 2. The lowest BCUT2D eigenvalue weighted by Crippen LogP contribution is -2.73. The first-order valence-electron chi connectivity index (χ1n) is 6.81. The normalized spacial score (nSPS) is 19.5. The monoisotopic (exact) mass is 327 g/mol. The van der Waals surface area contributed by atoms with Crippen molar-refractivity contribution in [3.8, 4) is 0 Å². The molecule has 2 aliphatic rings. The van der Waals surface area contributed by atoms with E-state index in [2.05, 4.69) is 5.32 Å². The van der Waals surface area contributed by atoms with E-state index >= 15 is 0 Å². The average molecular weight is 328 g/mol. The van der Waals surface area contributed by atoms with Gasteiger partial charge in [-0.05, 0) is 18.2 Å². The summed E-state index contributed by atoms with van der Waals surface area (Å²) in [7, 11) is 0. The van der Waals surface area contributed by atoms with Crippen LogP contribution in [-0.4, -0.2) is 59.6 Å². The van der Waals surface area contributed by atoms with Crippen LogP contribution in [0.25, 0.3) is 0 Å². The molecule has 2 aliphatic heterocycles. The highest BCUT2D eigenvalue weighted by atomic mass is 35.5. The summed E-state index contributed by atoms with van der Waals surface area (Å²) in [5.74, 6) is -0.750. The minimum atomic E-state index is -0.898. The third-order valence-electron chi connectivity index (χ3n) is 3.95. The number of amides is 2. The van der Waals surface area contributed by atoms with Crippen LogP contribution in [0.3, 0.4) is 0 Å². The lowest BCUT2D eigenvalue weighted by Gasteiger charge is -2.59. The summed E-state index contributed by atoms with van der Waals surface area (Å²) >= 11 is 5.73. The van der Waals surface area contributed by atoms with Gasteiger partial charge in [-0.15, -0.1) is 0 Å². The number of anilines is 1. The van der Waals surface area contributed by atoms with E-state index in [-0.39, 0.29) is 22.9 Å². The van der Waals surface area contributed by atoms with Gasteiger partial charge in [0, 0.05) is 42.3 Å². The lowest BCUT2D eigenvalue weighted by atomic mass is 9.73. The molecule has 22 heavy (non-hydrogen) atoms. The Labute approximate surface area is 131 Å². The number of carbonyl (C=O) groups excluding carboxylic acids is 1. The first-order valence-corrected chi connectivity index (χ1v) is 7.19. The van der Waals surface area contributed by atoms with Gasteiger partial charge in [0.2, 0.25) is 5.91 Å². The molecule has 2 saturated heterocycles. The van der Waals surface area contributed by atoms with Crippen molar-refractivity contribution in [3.05, 3.63) is 29.0 Å². The first kappa shape index (κ1) is 15.1. The molecule has 2 heterocycles. The zero-order chi connectivity index (χ0) is 15.9. The van der Waals surface area contributed by atoms with Crippen molar-refractivity contribution in [3.63, 3.8) is 0 Å². The van der Waals surface area contributed by atoms with Gasteiger partial charge in [-0.3, -0.25) is 9.69 Å². The fourth-order valence-corrected chi connectivity index (χ4v) is 3.36. The zero-order valence-corrected chi connectivity index (χ0v) is 12.4. The van der Waals surface area contributed by atoms with E-state index < -0.39 is 11.9 Å². The number of likely N-dealkylation sites (tertiary alicyclic amines) is 2. The number of hydrogen-bond acceptors (Lipinski definition) is 3. The molecule has 2 N–H and O–H groups in total. The van der Waals surface area contributed by atoms with E-state index in [1.165, 1.54) is 23.1 Å². The molecule has 0 aromatic heterocycles. The Hall–Kier alpha value is -1.86. The van der Waals surface area contributed by atoms with Crippen molar-refractivity contribution in [2.45, 2.75) is 0 Å². The summed E-state index contributed by atoms with van der Waals surface area (Å²) in [6.07, 6.45) is -0.898. The molecule has 3 rings (SSSR count). The molecular formula is C14H15ClFN3O3. The Morgan fingerprint density at radius 3 is 2.55 bits per heavy atom. The Balaban J connectivity index is 1.45. The Kier molecular flexibility index (Phi) is 3.70. The van der Waals surface area contributed by atoms with Crippen molar-refractivity contribution >= 4 is 29.3 Å². The summed E-state index contributed by atoms with van der Waals surface area (Å²) in [5.41, 5.74) is 0.340. The van der Waals surface area contributed by atoms with Gasteiger partial charge in [0.15, 0.2) is 0 Å². The molecule has 0 radical (unpaired) electrons. The molecule has 2 amide bonds. The predicted molar refractivity (Wildman–Crippen MR) is 78.5 cm³/mol. The second-order valence-electron chi connectivity index (χ2n) is 5.99. The van der Waals surface area contributed by atoms with E-state index in [9.17, 15) is 14.0 Å². The van der Waals surface area contributed by atoms with Gasteiger partial charge in [0.25, 0.3) is 0 Å². The van der Waals surface area contributed by atoms with E-state index in [1.807, 2.05) is 4.90 Å². The fourth-order valence-electron chi connectivity index (χ4n) is 3.14. The van der Waals surface area contributed by atoms with Crippen LogP contribution in [0.2, 0.25) is 5.02 Å². The van der Waals surface area contributed by atoms with Crippen LogP contribution in [0.4, 0.5) is 14.9 Å². The van der Waals surface area contributed by atoms with Crippen LogP contribution in [-0.2, 0) is 4.79 Å². The van der Waals surface area contributed by atoms with Crippen molar-refractivity contribution in [2.75, 3.05) is 38.0 Å². The highest BCUT2D eigenvalue weighted by molar-refractivity contribution is 6.30. The molecule has 0 saturated carbocycles. The molecule has 6 nitrogen and oxygen atoms in total. The van der Waals surface area contributed by atoms with Crippen molar-refractivity contribution in [2.24, 2.45) is 5.41 Å². The number of nitrogens with zero attached hydrogens (tertiary/aromatic N) is 2. The topological polar surface area (TPSA) is 72.9 Å². The van der Waals surface area contributed by atoms with E-state index in [0.29, 0.717) is 31.9 Å². The molecule has 0 bridgehead atoms. The smallest absolute Gasteiger partial charge is 0.407 e. The average Bonchev–Trinajstić information content (AvgIpc) is 2.28. The molecule has 0 aliphatic carbocycles. The van der Waals surface area contributed by atoms with Gasteiger partial charge >= 0.3 is 6.09 Å². The summed E-state index contributed by atoms with van der Waals surface area (Å²) < 4.78 is 13.2. The second kappa shape index (κ2) is 5.40. The van der Waals surface area contributed by atoms with Crippen LogP contribution in [0.5, 0.6) is 0 Å². The molecule has 0 atom stereocenters. The highest BCUT2D eigenvalue weighted by Gasteiger charge is 2.53. The molecule has 1 aromatic rings. The van der Waals surface area contributed by atoms with E-state index in [1.54, 1.807) is 0 Å².